The Morgan fingerprint density at radius 2 is 2.04 bits per heavy atom. The van der Waals surface area contributed by atoms with Crippen LogP contribution in [0.3, 0.4) is 0 Å². The average molecular weight is 333 g/mol. The number of hydrogen-bond acceptors (Lipinski definition) is 4. The zero-order valence-corrected chi connectivity index (χ0v) is 14.2. The smallest absolute Gasteiger partial charge is 0.166 e. The molecular weight excluding hydrogens is 312 g/mol. The van der Waals surface area contributed by atoms with Crippen molar-refractivity contribution >= 4 is 10.8 Å². The van der Waals surface area contributed by atoms with E-state index in [0.717, 1.165) is 28.0 Å². The van der Waals surface area contributed by atoms with Crippen LogP contribution in [0, 0.1) is 37.4 Å². The summed E-state index contributed by atoms with van der Waals surface area (Å²) in [5.41, 5.74) is 1.15. The van der Waals surface area contributed by atoms with E-state index in [-0.39, 0.29) is 6.10 Å². The van der Waals surface area contributed by atoms with Gasteiger partial charge in [0.05, 0.1) is 41.3 Å². The maximum atomic E-state index is 12.9. The Morgan fingerprint density at radius 3 is 2.78 bits per heavy atom. The molecule has 2 aliphatic rings. The van der Waals surface area contributed by atoms with Crippen molar-refractivity contribution in [2.24, 2.45) is 0 Å². The third-order valence-corrected chi connectivity index (χ3v) is 5.35. The van der Waals surface area contributed by atoms with Gasteiger partial charge in [-0.25, -0.2) is 0 Å². The fourth-order valence-corrected chi connectivity index (χ4v) is 3.85. The number of aryl methyl sites for hydroxylation is 1. The number of rotatable bonds is 5. The van der Waals surface area contributed by atoms with E-state index in [4.69, 9.17) is 14.2 Å². The highest BCUT2D eigenvalue weighted by atomic mass is 32.2. The summed E-state index contributed by atoms with van der Waals surface area (Å²) in [5, 5.41) is 0.747. The Kier molecular flexibility index (Phi) is 5.85. The molecule has 0 spiro atoms. The van der Waals surface area contributed by atoms with E-state index < -0.39 is 17.1 Å². The van der Waals surface area contributed by atoms with Crippen LogP contribution in [0.1, 0.15) is 12.0 Å². The minimum Gasteiger partial charge on any atom is -0.382 e. The fraction of sp³-hybridized carbons (Fsp3) is 0.389. The highest BCUT2D eigenvalue weighted by Gasteiger charge is 2.43. The molecule has 3 atom stereocenters. The maximum absolute atomic E-state index is 12.9. The van der Waals surface area contributed by atoms with Crippen LogP contribution in [0.4, 0.5) is 0 Å². The number of hydrogen-bond donors (Lipinski definition) is 0. The predicted octanol–water partition coefficient (Wildman–Crippen LogP) is 2.61. The molecule has 23 heavy (non-hydrogen) atoms. The summed E-state index contributed by atoms with van der Waals surface area (Å²) in [6, 6.07) is 7.74. The average Bonchev–Trinajstić information content (AvgIpc) is 3.05. The molecule has 123 valence electrons. The summed E-state index contributed by atoms with van der Waals surface area (Å²) in [7, 11) is 0.418. The predicted molar refractivity (Wildman–Crippen MR) is 88.1 cm³/mol. The summed E-state index contributed by atoms with van der Waals surface area (Å²) < 4.78 is 29.7. The van der Waals surface area contributed by atoms with Gasteiger partial charge in [-0.15, -0.1) is 0 Å². The van der Waals surface area contributed by atoms with Crippen molar-refractivity contribution < 1.29 is 18.4 Å². The van der Waals surface area contributed by atoms with Crippen molar-refractivity contribution in [3.05, 3.63) is 60.3 Å². The lowest BCUT2D eigenvalue weighted by atomic mass is 10.1. The lowest BCUT2D eigenvalue weighted by Gasteiger charge is -2.34. The van der Waals surface area contributed by atoms with Gasteiger partial charge in [0.1, 0.15) is 0 Å². The van der Waals surface area contributed by atoms with Crippen LogP contribution in [0.15, 0.2) is 29.2 Å². The highest BCUT2D eigenvalue weighted by molar-refractivity contribution is 7.88. The number of methoxy groups -OCH3 is 1. The number of benzene rings is 1. The van der Waals surface area contributed by atoms with Gasteiger partial charge < -0.3 is 14.2 Å². The van der Waals surface area contributed by atoms with Crippen LogP contribution in [0.25, 0.3) is 0 Å². The topological polar surface area (TPSA) is 44.8 Å². The molecule has 4 nitrogen and oxygen atoms in total. The lowest BCUT2D eigenvalue weighted by molar-refractivity contribution is -0.209. The molecule has 2 fully saturated rings. The molecule has 5 heteroatoms. The first-order valence-electron chi connectivity index (χ1n) is 7.69. The van der Waals surface area contributed by atoms with Crippen LogP contribution >= 0.6 is 0 Å². The van der Waals surface area contributed by atoms with Crippen molar-refractivity contribution in [3.63, 3.8) is 0 Å². The Morgan fingerprint density at radius 1 is 1.26 bits per heavy atom. The van der Waals surface area contributed by atoms with Gasteiger partial charge in [-0.1, -0.05) is 17.7 Å². The summed E-state index contributed by atoms with van der Waals surface area (Å²) in [5.74, 6) is 0.838. The standard InChI is InChI=1S/C18H21O4S/c1-13-6-8-15(9-7-13)23(19)17-5-3-4-16(17)18-21-11-10-14(22-18)12-20-2/h3-9,14,18H,10-12H2,1-2H3/t14-,18-,23+/m0/s1. The number of ether oxygens (including phenoxy) is 3. The molecule has 1 saturated heterocycles. The van der Waals surface area contributed by atoms with Crippen LogP contribution in [0.2, 0.25) is 0 Å². The molecule has 0 aromatic heterocycles. The van der Waals surface area contributed by atoms with Crippen LogP contribution in [-0.2, 0) is 25.0 Å². The van der Waals surface area contributed by atoms with Gasteiger partial charge >= 0.3 is 0 Å². The third-order valence-electron chi connectivity index (χ3n) is 3.87. The molecule has 5 radical (unpaired) electrons. The Hall–Kier alpha value is -0.750. The minimum absolute atomic E-state index is 0.00862. The Bertz CT molecular complexity index is 528. The maximum Gasteiger partial charge on any atom is 0.166 e. The van der Waals surface area contributed by atoms with Gasteiger partial charge in [-0.2, -0.15) is 0 Å². The molecule has 1 heterocycles. The molecule has 1 saturated carbocycles. The summed E-state index contributed by atoms with van der Waals surface area (Å²) in [4.78, 5) is 0.785. The van der Waals surface area contributed by atoms with Crippen molar-refractivity contribution in [2.45, 2.75) is 30.6 Å². The largest absolute Gasteiger partial charge is 0.382 e. The van der Waals surface area contributed by atoms with E-state index >= 15 is 0 Å². The second kappa shape index (κ2) is 7.88. The quantitative estimate of drug-likeness (QED) is 0.831. The van der Waals surface area contributed by atoms with E-state index in [1.165, 1.54) is 0 Å². The van der Waals surface area contributed by atoms with Crippen LogP contribution < -0.4 is 0 Å². The van der Waals surface area contributed by atoms with Gasteiger partial charge in [0.2, 0.25) is 0 Å². The zero-order chi connectivity index (χ0) is 16.2. The lowest BCUT2D eigenvalue weighted by Crippen LogP contribution is -2.39. The first-order chi connectivity index (χ1) is 11.2. The van der Waals surface area contributed by atoms with Gasteiger partial charge in [0.25, 0.3) is 0 Å². The third kappa shape index (κ3) is 4.02. The second-order valence-electron chi connectivity index (χ2n) is 5.63. The van der Waals surface area contributed by atoms with Crippen molar-refractivity contribution in [3.8, 4) is 0 Å². The normalized spacial score (nSPS) is 28.1. The van der Waals surface area contributed by atoms with Crippen molar-refractivity contribution in [2.75, 3.05) is 20.3 Å². The first kappa shape index (κ1) is 17.1. The molecular formula is C18H21O4S. The van der Waals surface area contributed by atoms with Crippen molar-refractivity contribution in [1.29, 1.82) is 0 Å². The summed E-state index contributed by atoms with van der Waals surface area (Å²) >= 11 is 0. The SMILES string of the molecule is COC[C@@H]1CCO[C@H]([C]2[CH][CH][CH][C]2[S@](=O)c2ccc(C)cc2)O1. The second-order valence-corrected chi connectivity index (χ2v) is 7.08. The molecule has 1 aliphatic carbocycles. The van der Waals surface area contributed by atoms with E-state index in [1.54, 1.807) is 7.11 Å². The van der Waals surface area contributed by atoms with Gasteiger partial charge in [-0.05, 0) is 44.7 Å². The van der Waals surface area contributed by atoms with E-state index in [1.807, 2.05) is 50.5 Å². The van der Waals surface area contributed by atoms with E-state index in [2.05, 4.69) is 0 Å². The van der Waals surface area contributed by atoms with Crippen LogP contribution in [0.5, 0.6) is 0 Å². The Labute approximate surface area is 141 Å². The van der Waals surface area contributed by atoms with Crippen molar-refractivity contribution in [1.82, 2.24) is 0 Å². The Balaban J connectivity index is 1.69. The van der Waals surface area contributed by atoms with E-state index in [0.29, 0.717) is 13.2 Å². The fourth-order valence-electron chi connectivity index (χ4n) is 2.63. The zero-order valence-electron chi connectivity index (χ0n) is 13.4. The molecule has 3 rings (SSSR count). The molecule has 0 bridgehead atoms. The molecule has 0 amide bonds. The molecule has 0 unspecified atom stereocenters. The highest BCUT2D eigenvalue weighted by Crippen LogP contribution is 2.42. The van der Waals surface area contributed by atoms with Gasteiger partial charge in [-0.3, -0.25) is 4.21 Å². The monoisotopic (exact) mass is 333 g/mol. The first-order valence-corrected chi connectivity index (χ1v) is 8.84. The molecule has 0 N–H and O–H groups in total. The summed E-state index contributed by atoms with van der Waals surface area (Å²) in [6.07, 6.45) is 6.02. The van der Waals surface area contributed by atoms with E-state index in [9.17, 15) is 4.21 Å². The van der Waals surface area contributed by atoms with Gasteiger partial charge in [0, 0.05) is 12.0 Å². The molecule has 1 aliphatic heterocycles. The molecule has 1 aromatic carbocycles. The van der Waals surface area contributed by atoms with Gasteiger partial charge in [0.15, 0.2) is 6.29 Å². The van der Waals surface area contributed by atoms with Crippen LogP contribution in [-0.4, -0.2) is 36.9 Å². The minimum atomic E-state index is -1.24. The molecule has 1 aromatic rings. The summed E-state index contributed by atoms with van der Waals surface area (Å²) in [6.45, 7) is 3.16.